The summed E-state index contributed by atoms with van der Waals surface area (Å²) in [6.07, 6.45) is 1.21. The molecule has 0 spiro atoms. The van der Waals surface area contributed by atoms with E-state index in [0.29, 0.717) is 6.42 Å². The molecule has 3 heteroatoms. The maximum atomic E-state index is 9.91. The van der Waals surface area contributed by atoms with Crippen LogP contribution in [0.1, 0.15) is 18.1 Å². The Kier molecular flexibility index (Phi) is 3.06. The second kappa shape index (κ2) is 4.34. The number of methoxy groups -OCH3 is 2. The summed E-state index contributed by atoms with van der Waals surface area (Å²) in [6.45, 7) is 2.06. The van der Waals surface area contributed by atoms with E-state index in [4.69, 9.17) is 9.47 Å². The fraction of sp³-hybridized carbons (Fsp3) is 0.538. The van der Waals surface area contributed by atoms with E-state index < -0.39 is 0 Å². The van der Waals surface area contributed by atoms with Crippen molar-refractivity contribution in [2.75, 3.05) is 14.2 Å². The molecule has 3 nitrogen and oxygen atoms in total. The quantitative estimate of drug-likeness (QED) is 0.829. The molecule has 0 bridgehead atoms. The van der Waals surface area contributed by atoms with Crippen LogP contribution in [-0.2, 0) is 12.8 Å². The fourth-order valence-corrected chi connectivity index (χ4v) is 2.35. The number of rotatable bonds is 2. The van der Waals surface area contributed by atoms with Gasteiger partial charge in [0.05, 0.1) is 20.3 Å². The summed E-state index contributed by atoms with van der Waals surface area (Å²) in [4.78, 5) is 0. The molecule has 0 radical (unpaired) electrons. The number of aliphatic hydroxyl groups excluding tert-OH is 1. The Hall–Kier alpha value is -1.22. The van der Waals surface area contributed by atoms with Crippen molar-refractivity contribution in [2.24, 2.45) is 5.92 Å². The van der Waals surface area contributed by atoms with Crippen LogP contribution in [-0.4, -0.2) is 25.4 Å². The first kappa shape index (κ1) is 11.3. The van der Waals surface area contributed by atoms with Gasteiger partial charge >= 0.3 is 0 Å². The zero-order valence-electron chi connectivity index (χ0n) is 9.99. The van der Waals surface area contributed by atoms with Crippen molar-refractivity contribution in [3.8, 4) is 11.5 Å². The van der Waals surface area contributed by atoms with Gasteiger partial charge in [-0.2, -0.15) is 0 Å². The fourth-order valence-electron chi connectivity index (χ4n) is 2.35. The topological polar surface area (TPSA) is 38.7 Å². The van der Waals surface area contributed by atoms with Gasteiger partial charge in [-0.15, -0.1) is 0 Å². The van der Waals surface area contributed by atoms with E-state index in [1.165, 1.54) is 5.56 Å². The number of benzene rings is 1. The van der Waals surface area contributed by atoms with Crippen LogP contribution in [0.4, 0.5) is 0 Å². The van der Waals surface area contributed by atoms with E-state index in [0.717, 1.165) is 23.5 Å². The predicted octanol–water partition coefficient (Wildman–Crippen LogP) is 1.80. The van der Waals surface area contributed by atoms with Gasteiger partial charge in [0.25, 0.3) is 0 Å². The molecule has 16 heavy (non-hydrogen) atoms. The lowest BCUT2D eigenvalue weighted by Gasteiger charge is -2.29. The van der Waals surface area contributed by atoms with Crippen molar-refractivity contribution in [1.29, 1.82) is 0 Å². The van der Waals surface area contributed by atoms with Crippen LogP contribution >= 0.6 is 0 Å². The summed E-state index contributed by atoms with van der Waals surface area (Å²) in [6, 6.07) is 3.84. The lowest BCUT2D eigenvalue weighted by atomic mass is 9.82. The van der Waals surface area contributed by atoms with E-state index in [1.807, 2.05) is 12.1 Å². The maximum absolute atomic E-state index is 9.91. The molecule has 2 atom stereocenters. The van der Waals surface area contributed by atoms with Crippen LogP contribution in [0.25, 0.3) is 0 Å². The Morgan fingerprint density at radius 1 is 1.06 bits per heavy atom. The van der Waals surface area contributed by atoms with Gasteiger partial charge in [0.1, 0.15) is 11.5 Å². The second-order valence-corrected chi connectivity index (χ2v) is 4.38. The van der Waals surface area contributed by atoms with E-state index in [2.05, 4.69) is 6.92 Å². The Morgan fingerprint density at radius 2 is 1.56 bits per heavy atom. The zero-order valence-corrected chi connectivity index (χ0v) is 9.99. The molecule has 1 N–H and O–H groups in total. The third-order valence-corrected chi connectivity index (χ3v) is 3.38. The third-order valence-electron chi connectivity index (χ3n) is 3.38. The lowest BCUT2D eigenvalue weighted by Crippen LogP contribution is -2.28. The molecular formula is C13H18O3. The molecule has 0 heterocycles. The van der Waals surface area contributed by atoms with Gasteiger partial charge in [0.2, 0.25) is 0 Å². The number of hydrogen-bond acceptors (Lipinski definition) is 3. The maximum Gasteiger partial charge on any atom is 0.122 e. The highest BCUT2D eigenvalue weighted by molar-refractivity contribution is 5.50. The van der Waals surface area contributed by atoms with Crippen molar-refractivity contribution in [1.82, 2.24) is 0 Å². The SMILES string of the molecule is COc1ccc(OC)c2c1C[C@@H](C)[C@H](O)C2. The van der Waals surface area contributed by atoms with Gasteiger partial charge in [-0.1, -0.05) is 6.92 Å². The second-order valence-electron chi connectivity index (χ2n) is 4.38. The Morgan fingerprint density at radius 3 is 2.06 bits per heavy atom. The van der Waals surface area contributed by atoms with Crippen LogP contribution in [0.3, 0.4) is 0 Å². The van der Waals surface area contributed by atoms with Crippen LogP contribution in [0.2, 0.25) is 0 Å². The number of hydrogen-bond donors (Lipinski definition) is 1. The van der Waals surface area contributed by atoms with Gasteiger partial charge in [0.15, 0.2) is 0 Å². The molecule has 1 aliphatic carbocycles. The van der Waals surface area contributed by atoms with Gasteiger partial charge in [0, 0.05) is 17.5 Å². The summed E-state index contributed by atoms with van der Waals surface area (Å²) >= 11 is 0. The van der Waals surface area contributed by atoms with Crippen molar-refractivity contribution in [2.45, 2.75) is 25.9 Å². The van der Waals surface area contributed by atoms with Gasteiger partial charge < -0.3 is 14.6 Å². The summed E-state index contributed by atoms with van der Waals surface area (Å²) in [5, 5.41) is 9.91. The van der Waals surface area contributed by atoms with E-state index in [-0.39, 0.29) is 12.0 Å². The molecule has 0 amide bonds. The first-order valence-electron chi connectivity index (χ1n) is 5.58. The molecule has 0 fully saturated rings. The first-order valence-corrected chi connectivity index (χ1v) is 5.58. The average molecular weight is 222 g/mol. The minimum absolute atomic E-state index is 0.272. The van der Waals surface area contributed by atoms with Crippen molar-refractivity contribution in [3.63, 3.8) is 0 Å². The Bertz CT molecular complexity index is 350. The van der Waals surface area contributed by atoms with Gasteiger partial charge in [-0.05, 0) is 24.5 Å². The van der Waals surface area contributed by atoms with Crippen molar-refractivity contribution in [3.05, 3.63) is 23.3 Å². The van der Waals surface area contributed by atoms with Gasteiger partial charge in [-0.25, -0.2) is 0 Å². The van der Waals surface area contributed by atoms with Crippen LogP contribution < -0.4 is 9.47 Å². The minimum atomic E-state index is -0.284. The van der Waals surface area contributed by atoms with Gasteiger partial charge in [-0.3, -0.25) is 0 Å². The van der Waals surface area contributed by atoms with E-state index in [9.17, 15) is 5.11 Å². The monoisotopic (exact) mass is 222 g/mol. The van der Waals surface area contributed by atoms with Crippen molar-refractivity contribution < 1.29 is 14.6 Å². The van der Waals surface area contributed by atoms with E-state index >= 15 is 0 Å². The molecule has 1 aliphatic rings. The average Bonchev–Trinajstić information content (AvgIpc) is 2.29. The number of fused-ring (bicyclic) bond motifs is 1. The standard InChI is InChI=1S/C13H18O3/c1-8-6-9-10(7-11(8)14)13(16-3)5-4-12(9)15-2/h4-5,8,11,14H,6-7H2,1-3H3/t8-,11-/m1/s1. The first-order chi connectivity index (χ1) is 7.67. The highest BCUT2D eigenvalue weighted by Crippen LogP contribution is 2.37. The van der Waals surface area contributed by atoms with E-state index in [1.54, 1.807) is 14.2 Å². The van der Waals surface area contributed by atoms with Crippen LogP contribution in [0.15, 0.2) is 12.1 Å². The molecule has 0 aliphatic heterocycles. The molecule has 88 valence electrons. The van der Waals surface area contributed by atoms with Crippen LogP contribution in [0.5, 0.6) is 11.5 Å². The zero-order chi connectivity index (χ0) is 11.7. The highest BCUT2D eigenvalue weighted by Gasteiger charge is 2.28. The Balaban J connectivity index is 2.50. The summed E-state index contributed by atoms with van der Waals surface area (Å²) < 4.78 is 10.7. The smallest absolute Gasteiger partial charge is 0.122 e. The summed E-state index contributed by atoms with van der Waals surface area (Å²) in [5.41, 5.74) is 2.27. The molecule has 0 saturated heterocycles. The summed E-state index contributed by atoms with van der Waals surface area (Å²) in [7, 11) is 3.34. The minimum Gasteiger partial charge on any atom is -0.496 e. The number of ether oxygens (including phenoxy) is 2. The largest absolute Gasteiger partial charge is 0.496 e. The lowest BCUT2D eigenvalue weighted by molar-refractivity contribution is 0.107. The number of aliphatic hydroxyl groups is 1. The molecule has 2 rings (SSSR count). The van der Waals surface area contributed by atoms with Crippen LogP contribution in [0, 0.1) is 5.92 Å². The predicted molar refractivity (Wildman–Crippen MR) is 62.1 cm³/mol. The summed E-state index contributed by atoms with van der Waals surface area (Å²) in [5.74, 6) is 2.02. The van der Waals surface area contributed by atoms with Crippen molar-refractivity contribution >= 4 is 0 Å². The highest BCUT2D eigenvalue weighted by atomic mass is 16.5. The molecular weight excluding hydrogens is 204 g/mol. The molecule has 0 saturated carbocycles. The normalized spacial score (nSPS) is 23.8. The third kappa shape index (κ3) is 1.76. The molecule has 1 aromatic carbocycles. The Labute approximate surface area is 96.0 Å². The molecule has 0 unspecified atom stereocenters. The molecule has 1 aromatic rings. The molecule has 0 aromatic heterocycles.